The Labute approximate surface area is 164 Å². The van der Waals surface area contributed by atoms with Crippen molar-refractivity contribution in [2.45, 2.75) is 23.5 Å². The van der Waals surface area contributed by atoms with Gasteiger partial charge in [0, 0.05) is 16.0 Å². The van der Waals surface area contributed by atoms with E-state index in [4.69, 9.17) is 0 Å². The summed E-state index contributed by atoms with van der Waals surface area (Å²) in [6.07, 6.45) is 0. The van der Waals surface area contributed by atoms with Gasteiger partial charge >= 0.3 is 5.97 Å². The van der Waals surface area contributed by atoms with Crippen LogP contribution in [0, 0.1) is 0 Å². The second kappa shape index (κ2) is 6.83. The van der Waals surface area contributed by atoms with E-state index in [9.17, 15) is 9.90 Å². The number of carboxylic acid groups (broad SMARTS) is 1. The Morgan fingerprint density at radius 1 is 1.11 bits per heavy atom. The van der Waals surface area contributed by atoms with Crippen LogP contribution in [0.4, 0.5) is 11.5 Å². The van der Waals surface area contributed by atoms with Gasteiger partial charge in [-0.2, -0.15) is 0 Å². The molecule has 2 aromatic carbocycles. The average molecular weight is 396 g/mol. The van der Waals surface area contributed by atoms with Crippen LogP contribution in [0.25, 0.3) is 21.1 Å². The standard InChI is InChI=1S/C20H17N3O2S2/c1-20(2,19(24)25)27-14-5-6-15-12(9-14)3-8-18(23-15)22-13-4-7-17-16(10-13)21-11-26-17/h3-11H,1-2H3,(H,22,23)(H,24,25). The van der Waals surface area contributed by atoms with Crippen LogP contribution in [0.2, 0.25) is 0 Å². The highest BCUT2D eigenvalue weighted by molar-refractivity contribution is 8.01. The fourth-order valence-electron chi connectivity index (χ4n) is 2.66. The van der Waals surface area contributed by atoms with Crippen LogP contribution >= 0.6 is 23.1 Å². The normalized spacial score (nSPS) is 11.8. The second-order valence-corrected chi connectivity index (χ2v) is 9.21. The van der Waals surface area contributed by atoms with Crippen molar-refractivity contribution in [2.24, 2.45) is 0 Å². The molecule has 4 aromatic rings. The molecule has 136 valence electrons. The Balaban J connectivity index is 1.58. The number of nitrogens with zero attached hydrogens (tertiary/aromatic N) is 2. The molecule has 0 saturated heterocycles. The van der Waals surface area contributed by atoms with Crippen molar-refractivity contribution < 1.29 is 9.90 Å². The van der Waals surface area contributed by atoms with Crippen molar-refractivity contribution in [1.29, 1.82) is 0 Å². The molecule has 4 rings (SSSR count). The Kier molecular flexibility index (Phi) is 4.49. The molecule has 0 spiro atoms. The lowest BCUT2D eigenvalue weighted by Crippen LogP contribution is -2.26. The van der Waals surface area contributed by atoms with Crippen LogP contribution in [0.15, 0.2) is 58.9 Å². The van der Waals surface area contributed by atoms with Crippen molar-refractivity contribution in [2.75, 3.05) is 5.32 Å². The number of carboxylic acids is 1. The molecular weight excluding hydrogens is 378 g/mol. The number of hydrogen-bond acceptors (Lipinski definition) is 6. The summed E-state index contributed by atoms with van der Waals surface area (Å²) >= 11 is 2.95. The van der Waals surface area contributed by atoms with E-state index in [-0.39, 0.29) is 0 Å². The van der Waals surface area contributed by atoms with Crippen LogP contribution in [-0.2, 0) is 4.79 Å². The molecule has 7 heteroatoms. The van der Waals surface area contributed by atoms with Gasteiger partial charge in [-0.1, -0.05) is 0 Å². The molecule has 0 aliphatic heterocycles. The van der Waals surface area contributed by atoms with E-state index >= 15 is 0 Å². The first-order valence-electron chi connectivity index (χ1n) is 8.34. The summed E-state index contributed by atoms with van der Waals surface area (Å²) < 4.78 is 0.276. The second-order valence-electron chi connectivity index (χ2n) is 6.63. The predicted molar refractivity (Wildman–Crippen MR) is 112 cm³/mol. The number of thioether (sulfide) groups is 1. The third-order valence-electron chi connectivity index (χ3n) is 4.15. The molecule has 2 N–H and O–H groups in total. The minimum absolute atomic E-state index is 0.753. The zero-order chi connectivity index (χ0) is 19.0. The lowest BCUT2D eigenvalue weighted by molar-refractivity contribution is -0.138. The number of fused-ring (bicyclic) bond motifs is 2. The predicted octanol–water partition coefficient (Wildman–Crippen LogP) is 5.54. The van der Waals surface area contributed by atoms with Gasteiger partial charge in [0.1, 0.15) is 10.6 Å². The lowest BCUT2D eigenvalue weighted by Gasteiger charge is -2.18. The zero-order valence-corrected chi connectivity index (χ0v) is 16.4. The molecule has 2 heterocycles. The monoisotopic (exact) mass is 395 g/mol. The number of thiazole rings is 1. The number of pyridine rings is 1. The van der Waals surface area contributed by atoms with Crippen LogP contribution in [0.5, 0.6) is 0 Å². The van der Waals surface area contributed by atoms with E-state index in [1.807, 2.05) is 54.0 Å². The molecule has 5 nitrogen and oxygen atoms in total. The molecule has 0 amide bonds. The van der Waals surface area contributed by atoms with Crippen LogP contribution in [-0.4, -0.2) is 25.8 Å². The Bertz CT molecular complexity index is 1150. The molecule has 0 radical (unpaired) electrons. The number of aromatic nitrogens is 2. The summed E-state index contributed by atoms with van der Waals surface area (Å²) in [6, 6.07) is 15.8. The Morgan fingerprint density at radius 2 is 1.96 bits per heavy atom. The molecule has 0 atom stereocenters. The van der Waals surface area contributed by atoms with Gasteiger partial charge in [0.2, 0.25) is 0 Å². The van der Waals surface area contributed by atoms with E-state index in [1.165, 1.54) is 11.8 Å². The van der Waals surface area contributed by atoms with Gasteiger partial charge in [0.15, 0.2) is 0 Å². The van der Waals surface area contributed by atoms with Gasteiger partial charge in [0.25, 0.3) is 0 Å². The smallest absolute Gasteiger partial charge is 0.319 e. The van der Waals surface area contributed by atoms with Gasteiger partial charge < -0.3 is 10.4 Å². The van der Waals surface area contributed by atoms with E-state index in [2.05, 4.69) is 15.3 Å². The SMILES string of the molecule is CC(C)(Sc1ccc2nc(Nc3ccc4scnc4c3)ccc2c1)C(=O)O. The van der Waals surface area contributed by atoms with Gasteiger partial charge in [-0.15, -0.1) is 23.1 Å². The third kappa shape index (κ3) is 3.74. The first-order valence-corrected chi connectivity index (χ1v) is 10.0. The maximum atomic E-state index is 11.3. The number of benzene rings is 2. The minimum atomic E-state index is -0.878. The van der Waals surface area contributed by atoms with Crippen molar-refractivity contribution in [3.8, 4) is 0 Å². The number of nitrogens with one attached hydrogen (secondary N) is 1. The number of carbonyl (C=O) groups is 1. The van der Waals surface area contributed by atoms with Crippen molar-refractivity contribution in [3.05, 3.63) is 54.0 Å². The number of anilines is 2. The molecule has 2 aromatic heterocycles. The van der Waals surface area contributed by atoms with E-state index in [0.717, 1.165) is 37.5 Å². The molecule has 0 bridgehead atoms. The maximum Gasteiger partial charge on any atom is 0.319 e. The lowest BCUT2D eigenvalue weighted by atomic mass is 10.2. The summed E-state index contributed by atoms with van der Waals surface area (Å²) in [5.74, 6) is -0.0781. The van der Waals surface area contributed by atoms with Gasteiger partial charge in [-0.25, -0.2) is 9.97 Å². The molecule has 0 fully saturated rings. The topological polar surface area (TPSA) is 75.1 Å². The minimum Gasteiger partial charge on any atom is -0.480 e. The summed E-state index contributed by atoms with van der Waals surface area (Å²) in [7, 11) is 0. The summed E-state index contributed by atoms with van der Waals surface area (Å²) in [6.45, 7) is 3.41. The van der Waals surface area contributed by atoms with Crippen molar-refractivity contribution in [3.63, 3.8) is 0 Å². The molecule has 0 saturated carbocycles. The zero-order valence-electron chi connectivity index (χ0n) is 14.8. The van der Waals surface area contributed by atoms with Crippen molar-refractivity contribution in [1.82, 2.24) is 9.97 Å². The molecule has 0 aliphatic carbocycles. The van der Waals surface area contributed by atoms with Crippen LogP contribution < -0.4 is 5.32 Å². The first-order chi connectivity index (χ1) is 12.9. The quantitative estimate of drug-likeness (QED) is 0.432. The van der Waals surface area contributed by atoms with Crippen molar-refractivity contribution >= 4 is 61.7 Å². The van der Waals surface area contributed by atoms with Gasteiger partial charge in [-0.3, -0.25) is 4.79 Å². The van der Waals surface area contributed by atoms with E-state index < -0.39 is 10.7 Å². The van der Waals surface area contributed by atoms with E-state index in [0.29, 0.717) is 0 Å². The summed E-state index contributed by atoms with van der Waals surface area (Å²) in [5.41, 5.74) is 4.60. The summed E-state index contributed by atoms with van der Waals surface area (Å²) in [4.78, 5) is 21.2. The molecule has 27 heavy (non-hydrogen) atoms. The fraction of sp³-hybridized carbons (Fsp3) is 0.150. The summed E-state index contributed by atoms with van der Waals surface area (Å²) in [5, 5.41) is 13.6. The number of aliphatic carboxylic acids is 1. The average Bonchev–Trinajstić information content (AvgIpc) is 3.09. The number of rotatable bonds is 5. The molecule has 0 aliphatic rings. The Hall–Kier alpha value is -2.64. The number of hydrogen-bond donors (Lipinski definition) is 2. The largest absolute Gasteiger partial charge is 0.480 e. The van der Waals surface area contributed by atoms with Gasteiger partial charge in [0.05, 0.1) is 21.2 Å². The Morgan fingerprint density at radius 3 is 2.78 bits per heavy atom. The van der Waals surface area contributed by atoms with Crippen LogP contribution in [0.3, 0.4) is 0 Å². The maximum absolute atomic E-state index is 11.3. The highest BCUT2D eigenvalue weighted by atomic mass is 32.2. The fourth-order valence-corrected chi connectivity index (χ4v) is 4.32. The molecular formula is C20H17N3O2S2. The highest BCUT2D eigenvalue weighted by Crippen LogP contribution is 2.34. The molecule has 0 unspecified atom stereocenters. The highest BCUT2D eigenvalue weighted by Gasteiger charge is 2.28. The van der Waals surface area contributed by atoms with E-state index in [1.54, 1.807) is 25.2 Å². The van der Waals surface area contributed by atoms with Crippen LogP contribution in [0.1, 0.15) is 13.8 Å². The first kappa shape index (κ1) is 17.8. The van der Waals surface area contributed by atoms with Gasteiger partial charge in [-0.05, 0) is 62.4 Å². The third-order valence-corrected chi connectivity index (χ3v) is 6.14.